The zero-order valence-corrected chi connectivity index (χ0v) is 16.5. The lowest BCUT2D eigenvalue weighted by atomic mass is 10.1. The summed E-state index contributed by atoms with van der Waals surface area (Å²) in [6.07, 6.45) is 1.16. The number of hydrogen-bond acceptors (Lipinski definition) is 3. The average Bonchev–Trinajstić information content (AvgIpc) is 3.05. The number of carbonyl (C=O) groups is 1. The lowest BCUT2D eigenvalue weighted by Gasteiger charge is -2.20. The molecule has 1 aliphatic heterocycles. The van der Waals surface area contributed by atoms with Crippen molar-refractivity contribution in [3.8, 4) is 0 Å². The fourth-order valence-corrected chi connectivity index (χ4v) is 3.06. The van der Waals surface area contributed by atoms with Gasteiger partial charge in [0.25, 0.3) is 0 Å². The van der Waals surface area contributed by atoms with E-state index in [2.05, 4.69) is 50.1 Å². The molecule has 144 valence electrons. The Kier molecular flexibility index (Phi) is 7.30. The first-order chi connectivity index (χ1) is 12.4. The Morgan fingerprint density at radius 3 is 2.62 bits per heavy atom. The molecule has 1 aromatic rings. The fourth-order valence-electron chi connectivity index (χ4n) is 3.06. The van der Waals surface area contributed by atoms with Crippen LogP contribution in [0.25, 0.3) is 0 Å². The van der Waals surface area contributed by atoms with Crippen molar-refractivity contribution >= 4 is 17.6 Å². The molecule has 1 fully saturated rings. The van der Waals surface area contributed by atoms with Crippen molar-refractivity contribution in [3.05, 3.63) is 30.3 Å². The normalized spacial score (nSPS) is 17.9. The number of hydrogen-bond donors (Lipinski definition) is 3. The number of para-hydroxylation sites is 1. The molecule has 0 aromatic heterocycles. The van der Waals surface area contributed by atoms with E-state index in [4.69, 9.17) is 0 Å². The standard InChI is InChI=1S/C20H33N5O/c1-5-21-19(23-14-18(26)24-20(2,3)4)22-13-16-11-12-25(15-16)17-9-7-6-8-10-17/h6-10,16H,5,11-15H2,1-4H3,(H,24,26)(H2,21,22,23). The van der Waals surface area contributed by atoms with Crippen LogP contribution < -0.4 is 20.9 Å². The highest BCUT2D eigenvalue weighted by atomic mass is 16.2. The predicted molar refractivity (Wildman–Crippen MR) is 109 cm³/mol. The van der Waals surface area contributed by atoms with Crippen molar-refractivity contribution in [3.63, 3.8) is 0 Å². The largest absolute Gasteiger partial charge is 0.371 e. The molecular weight excluding hydrogens is 326 g/mol. The molecule has 0 radical (unpaired) electrons. The second-order valence-electron chi connectivity index (χ2n) is 7.81. The highest BCUT2D eigenvalue weighted by Crippen LogP contribution is 2.22. The van der Waals surface area contributed by atoms with E-state index in [9.17, 15) is 4.79 Å². The van der Waals surface area contributed by atoms with Crippen molar-refractivity contribution in [1.29, 1.82) is 0 Å². The number of rotatable bonds is 6. The van der Waals surface area contributed by atoms with Crippen molar-refractivity contribution in [1.82, 2.24) is 16.0 Å². The van der Waals surface area contributed by atoms with Crippen LogP contribution in [0.2, 0.25) is 0 Å². The molecule has 0 aliphatic carbocycles. The van der Waals surface area contributed by atoms with E-state index < -0.39 is 0 Å². The van der Waals surface area contributed by atoms with Crippen LogP contribution in [0.3, 0.4) is 0 Å². The van der Waals surface area contributed by atoms with Gasteiger partial charge in [0.15, 0.2) is 5.96 Å². The number of aliphatic imine (C=N–C) groups is 1. The summed E-state index contributed by atoms with van der Waals surface area (Å²) in [6, 6.07) is 10.5. The van der Waals surface area contributed by atoms with Gasteiger partial charge in [0.2, 0.25) is 5.91 Å². The van der Waals surface area contributed by atoms with Crippen molar-refractivity contribution in [2.45, 2.75) is 39.7 Å². The average molecular weight is 360 g/mol. The summed E-state index contributed by atoms with van der Waals surface area (Å²) in [5.74, 6) is 1.21. The smallest absolute Gasteiger partial charge is 0.242 e. The highest BCUT2D eigenvalue weighted by molar-refractivity contribution is 5.85. The lowest BCUT2D eigenvalue weighted by Crippen LogP contribution is -2.44. The Balaban J connectivity index is 1.81. The number of guanidine groups is 1. The van der Waals surface area contributed by atoms with E-state index >= 15 is 0 Å². The van der Waals surface area contributed by atoms with E-state index in [1.807, 2.05) is 33.8 Å². The van der Waals surface area contributed by atoms with Gasteiger partial charge >= 0.3 is 0 Å². The third kappa shape index (κ3) is 6.94. The van der Waals surface area contributed by atoms with Crippen LogP contribution in [0.15, 0.2) is 35.3 Å². The first-order valence-corrected chi connectivity index (χ1v) is 9.50. The zero-order valence-electron chi connectivity index (χ0n) is 16.5. The first-order valence-electron chi connectivity index (χ1n) is 9.50. The molecule has 1 aliphatic rings. The zero-order chi connectivity index (χ0) is 19.0. The van der Waals surface area contributed by atoms with Gasteiger partial charge in [-0.2, -0.15) is 0 Å². The third-order valence-electron chi connectivity index (χ3n) is 4.20. The third-order valence-corrected chi connectivity index (χ3v) is 4.20. The number of amides is 1. The van der Waals surface area contributed by atoms with Crippen LogP contribution in [-0.4, -0.2) is 50.1 Å². The van der Waals surface area contributed by atoms with Gasteiger partial charge in [0.1, 0.15) is 6.54 Å². The second kappa shape index (κ2) is 9.46. The second-order valence-corrected chi connectivity index (χ2v) is 7.81. The molecule has 6 heteroatoms. The molecule has 1 aromatic carbocycles. The highest BCUT2D eigenvalue weighted by Gasteiger charge is 2.22. The van der Waals surface area contributed by atoms with E-state index in [1.54, 1.807) is 0 Å². The maximum atomic E-state index is 11.9. The van der Waals surface area contributed by atoms with Crippen LogP contribution in [-0.2, 0) is 4.79 Å². The molecule has 1 unspecified atom stereocenters. The van der Waals surface area contributed by atoms with Crippen LogP contribution >= 0.6 is 0 Å². The van der Waals surface area contributed by atoms with E-state index in [-0.39, 0.29) is 18.0 Å². The number of anilines is 1. The Morgan fingerprint density at radius 1 is 1.23 bits per heavy atom. The van der Waals surface area contributed by atoms with Gasteiger partial charge in [-0.25, -0.2) is 4.99 Å². The van der Waals surface area contributed by atoms with Gasteiger partial charge < -0.3 is 20.9 Å². The Bertz CT molecular complexity index is 594. The van der Waals surface area contributed by atoms with Gasteiger partial charge in [0, 0.05) is 37.4 Å². The molecule has 1 atom stereocenters. The SMILES string of the molecule is CCNC(=NCC(=O)NC(C)(C)C)NCC1CCN(c2ccccc2)C1. The number of carbonyl (C=O) groups excluding carboxylic acids is 1. The molecular formula is C20H33N5O. The summed E-state index contributed by atoms with van der Waals surface area (Å²) in [4.78, 5) is 18.8. The quantitative estimate of drug-likeness (QED) is 0.537. The van der Waals surface area contributed by atoms with Gasteiger partial charge in [0.05, 0.1) is 0 Å². The lowest BCUT2D eigenvalue weighted by molar-refractivity contribution is -0.121. The minimum atomic E-state index is -0.233. The van der Waals surface area contributed by atoms with Crippen molar-refractivity contribution < 1.29 is 4.79 Å². The molecule has 2 rings (SSSR count). The molecule has 0 spiro atoms. The molecule has 6 nitrogen and oxygen atoms in total. The maximum absolute atomic E-state index is 11.9. The summed E-state index contributed by atoms with van der Waals surface area (Å²) in [5, 5.41) is 9.53. The van der Waals surface area contributed by atoms with Crippen LogP contribution in [0.1, 0.15) is 34.1 Å². The summed E-state index contributed by atoms with van der Waals surface area (Å²) in [7, 11) is 0. The Morgan fingerprint density at radius 2 is 1.96 bits per heavy atom. The summed E-state index contributed by atoms with van der Waals surface area (Å²) in [5.41, 5.74) is 1.05. The van der Waals surface area contributed by atoms with E-state index in [0.717, 1.165) is 32.6 Å². The Hall–Kier alpha value is -2.24. The fraction of sp³-hybridized carbons (Fsp3) is 0.600. The molecule has 1 heterocycles. The summed E-state index contributed by atoms with van der Waals surface area (Å²) >= 11 is 0. The molecule has 1 amide bonds. The topological polar surface area (TPSA) is 68.8 Å². The summed E-state index contributed by atoms with van der Waals surface area (Å²) < 4.78 is 0. The monoisotopic (exact) mass is 359 g/mol. The van der Waals surface area contributed by atoms with Gasteiger partial charge in [-0.05, 0) is 52.2 Å². The predicted octanol–water partition coefficient (Wildman–Crippen LogP) is 1.98. The number of nitrogens with one attached hydrogen (secondary N) is 3. The van der Waals surface area contributed by atoms with Crippen LogP contribution in [0, 0.1) is 5.92 Å². The molecule has 1 saturated heterocycles. The number of nitrogens with zero attached hydrogens (tertiary/aromatic N) is 2. The van der Waals surface area contributed by atoms with Gasteiger partial charge in [-0.1, -0.05) is 18.2 Å². The maximum Gasteiger partial charge on any atom is 0.242 e. The van der Waals surface area contributed by atoms with E-state index in [0.29, 0.717) is 11.9 Å². The Labute approximate surface area is 157 Å². The minimum absolute atomic E-state index is 0.0641. The van der Waals surface area contributed by atoms with Gasteiger partial charge in [-0.15, -0.1) is 0 Å². The molecule has 0 bridgehead atoms. The molecule has 0 saturated carbocycles. The van der Waals surface area contributed by atoms with Gasteiger partial charge in [-0.3, -0.25) is 4.79 Å². The van der Waals surface area contributed by atoms with Crippen molar-refractivity contribution in [2.75, 3.05) is 37.6 Å². The first kappa shape index (κ1) is 20.1. The van der Waals surface area contributed by atoms with E-state index in [1.165, 1.54) is 5.69 Å². The minimum Gasteiger partial charge on any atom is -0.371 e. The van der Waals surface area contributed by atoms with Crippen LogP contribution in [0.5, 0.6) is 0 Å². The number of benzene rings is 1. The van der Waals surface area contributed by atoms with Crippen LogP contribution in [0.4, 0.5) is 5.69 Å². The van der Waals surface area contributed by atoms with Crippen molar-refractivity contribution in [2.24, 2.45) is 10.9 Å². The molecule has 3 N–H and O–H groups in total. The summed E-state index contributed by atoms with van der Waals surface area (Å²) in [6.45, 7) is 11.8. The molecule has 26 heavy (non-hydrogen) atoms.